The number of carbonyl (C=O) groups is 2. The lowest BCUT2D eigenvalue weighted by Crippen LogP contribution is -2.30. The third-order valence-electron chi connectivity index (χ3n) is 3.06. The van der Waals surface area contributed by atoms with Crippen molar-refractivity contribution in [2.24, 2.45) is 0 Å². The Morgan fingerprint density at radius 2 is 2.19 bits per heavy atom. The van der Waals surface area contributed by atoms with Gasteiger partial charge in [0.05, 0.1) is 17.4 Å². The molecule has 6 nitrogen and oxygen atoms in total. The van der Waals surface area contributed by atoms with E-state index in [1.807, 2.05) is 0 Å². The van der Waals surface area contributed by atoms with Gasteiger partial charge in [-0.1, -0.05) is 11.6 Å². The highest BCUT2D eigenvalue weighted by Crippen LogP contribution is 2.18. The van der Waals surface area contributed by atoms with Crippen molar-refractivity contribution in [3.8, 4) is 5.69 Å². The normalized spacial score (nSPS) is 14.4. The molecule has 1 N–H and O–H groups in total. The second-order valence-electron chi connectivity index (χ2n) is 4.51. The third kappa shape index (κ3) is 2.59. The number of aromatic nitrogens is 2. The topological polar surface area (TPSA) is 67.2 Å². The minimum Gasteiger partial charge on any atom is -0.337 e. The number of nitrogens with zero attached hydrogens (tertiary/aromatic N) is 3. The van der Waals surface area contributed by atoms with Crippen LogP contribution in [0.15, 0.2) is 30.5 Å². The zero-order valence-electron chi connectivity index (χ0n) is 10.7. The molecule has 2 heterocycles. The van der Waals surface area contributed by atoms with Gasteiger partial charge in [0.2, 0.25) is 5.91 Å². The molecule has 1 aromatic heterocycles. The Kier molecular flexibility index (Phi) is 3.34. The van der Waals surface area contributed by atoms with Crippen molar-refractivity contribution < 1.29 is 14.0 Å². The van der Waals surface area contributed by atoms with Crippen molar-refractivity contribution in [2.45, 2.75) is 0 Å². The smallest absolute Gasteiger partial charge is 0.276 e. The molecule has 21 heavy (non-hydrogen) atoms. The Balaban J connectivity index is 1.84. The molecule has 8 heteroatoms. The van der Waals surface area contributed by atoms with E-state index in [-0.39, 0.29) is 35.7 Å². The van der Waals surface area contributed by atoms with E-state index >= 15 is 0 Å². The minimum atomic E-state index is -0.523. The van der Waals surface area contributed by atoms with Crippen LogP contribution < -0.4 is 5.32 Å². The van der Waals surface area contributed by atoms with E-state index in [4.69, 9.17) is 11.6 Å². The molecule has 3 rings (SSSR count). The summed E-state index contributed by atoms with van der Waals surface area (Å²) < 4.78 is 14.5. The van der Waals surface area contributed by atoms with Gasteiger partial charge in [0.15, 0.2) is 5.69 Å². The molecule has 1 aliphatic rings. The molecule has 1 saturated heterocycles. The van der Waals surface area contributed by atoms with Gasteiger partial charge in [0, 0.05) is 6.20 Å². The van der Waals surface area contributed by atoms with Crippen LogP contribution in [-0.4, -0.2) is 39.7 Å². The fourth-order valence-corrected chi connectivity index (χ4v) is 2.16. The van der Waals surface area contributed by atoms with Crippen molar-refractivity contribution in [3.63, 3.8) is 0 Å². The van der Waals surface area contributed by atoms with Gasteiger partial charge in [0.1, 0.15) is 12.4 Å². The molecule has 108 valence electrons. The van der Waals surface area contributed by atoms with E-state index in [2.05, 4.69) is 10.4 Å². The van der Waals surface area contributed by atoms with E-state index in [1.54, 1.807) is 6.20 Å². The van der Waals surface area contributed by atoms with E-state index < -0.39 is 5.82 Å². The van der Waals surface area contributed by atoms with Crippen LogP contribution in [0.4, 0.5) is 4.39 Å². The Hall–Kier alpha value is -2.41. The summed E-state index contributed by atoms with van der Waals surface area (Å²) in [5.74, 6) is -1.07. The molecule has 0 aliphatic carbocycles. The van der Waals surface area contributed by atoms with Crippen LogP contribution in [0.3, 0.4) is 0 Å². The van der Waals surface area contributed by atoms with Gasteiger partial charge < -0.3 is 10.2 Å². The number of halogens is 2. The number of hydrogen-bond donors (Lipinski definition) is 1. The molecule has 0 bridgehead atoms. The monoisotopic (exact) mass is 308 g/mol. The van der Waals surface area contributed by atoms with Crippen LogP contribution in [0.1, 0.15) is 10.5 Å². The fraction of sp³-hybridized carbons (Fsp3) is 0.154. The zero-order valence-corrected chi connectivity index (χ0v) is 11.5. The predicted molar refractivity (Wildman–Crippen MR) is 72.6 cm³/mol. The molecule has 0 saturated carbocycles. The van der Waals surface area contributed by atoms with Crippen LogP contribution in [0, 0.1) is 5.82 Å². The lowest BCUT2D eigenvalue weighted by Gasteiger charge is -2.10. The van der Waals surface area contributed by atoms with Crippen LogP contribution in [0.2, 0.25) is 5.02 Å². The lowest BCUT2D eigenvalue weighted by atomic mass is 10.3. The maximum Gasteiger partial charge on any atom is 0.276 e. The van der Waals surface area contributed by atoms with Crippen LogP contribution in [-0.2, 0) is 4.79 Å². The largest absolute Gasteiger partial charge is 0.337 e. The third-order valence-corrected chi connectivity index (χ3v) is 3.35. The van der Waals surface area contributed by atoms with Gasteiger partial charge in [-0.05, 0) is 24.3 Å². The van der Waals surface area contributed by atoms with Crippen molar-refractivity contribution >= 4 is 23.4 Å². The Morgan fingerprint density at radius 3 is 2.86 bits per heavy atom. The number of rotatable bonds is 2. The van der Waals surface area contributed by atoms with Gasteiger partial charge in [0.25, 0.3) is 5.91 Å². The molecule has 2 aromatic rings. The van der Waals surface area contributed by atoms with Gasteiger partial charge >= 0.3 is 0 Å². The molecule has 1 fully saturated rings. The van der Waals surface area contributed by atoms with Gasteiger partial charge in [-0.3, -0.25) is 9.59 Å². The van der Waals surface area contributed by atoms with E-state index in [0.717, 1.165) is 0 Å². The highest BCUT2D eigenvalue weighted by Gasteiger charge is 2.25. The SMILES string of the molecule is O=C1CN(C(=O)c2ccn(-c3ccc(F)c(Cl)c3)n2)CN1. The van der Waals surface area contributed by atoms with E-state index in [9.17, 15) is 14.0 Å². The number of amides is 2. The first-order valence-electron chi connectivity index (χ1n) is 6.11. The summed E-state index contributed by atoms with van der Waals surface area (Å²) in [6.07, 6.45) is 1.57. The van der Waals surface area contributed by atoms with Crippen LogP contribution >= 0.6 is 11.6 Å². The summed E-state index contributed by atoms with van der Waals surface area (Å²) in [6, 6.07) is 5.68. The molecule has 0 radical (unpaired) electrons. The summed E-state index contributed by atoms with van der Waals surface area (Å²) in [5.41, 5.74) is 0.739. The predicted octanol–water partition coefficient (Wildman–Crippen LogP) is 1.19. The molecular formula is C13H10ClFN4O2. The Morgan fingerprint density at radius 1 is 1.38 bits per heavy atom. The summed E-state index contributed by atoms with van der Waals surface area (Å²) in [7, 11) is 0. The fourth-order valence-electron chi connectivity index (χ4n) is 1.98. The molecule has 1 aliphatic heterocycles. The summed E-state index contributed by atoms with van der Waals surface area (Å²) in [4.78, 5) is 24.6. The standard InChI is InChI=1S/C13H10ClFN4O2/c14-9-5-8(1-2-10(9)15)19-4-3-11(17-19)13(21)18-6-12(20)16-7-18/h1-5H,6-7H2,(H,16,20). The average Bonchev–Trinajstić information content (AvgIpc) is 3.10. The number of benzene rings is 1. The maximum atomic E-state index is 13.1. The summed E-state index contributed by atoms with van der Waals surface area (Å²) in [5, 5.41) is 6.65. The molecule has 0 unspecified atom stereocenters. The van der Waals surface area contributed by atoms with Gasteiger partial charge in [-0.25, -0.2) is 9.07 Å². The van der Waals surface area contributed by atoms with Crippen molar-refractivity contribution in [1.82, 2.24) is 20.0 Å². The molecule has 1 aromatic carbocycles. The number of carbonyl (C=O) groups excluding carboxylic acids is 2. The van der Waals surface area contributed by atoms with Crippen LogP contribution in [0.25, 0.3) is 5.69 Å². The first-order chi connectivity index (χ1) is 10.0. The average molecular weight is 309 g/mol. The summed E-state index contributed by atoms with van der Waals surface area (Å²) >= 11 is 5.72. The first-order valence-corrected chi connectivity index (χ1v) is 6.49. The minimum absolute atomic E-state index is 0.0219. The highest BCUT2D eigenvalue weighted by molar-refractivity contribution is 6.30. The van der Waals surface area contributed by atoms with Crippen molar-refractivity contribution in [1.29, 1.82) is 0 Å². The maximum absolute atomic E-state index is 13.1. The Labute approximate surface area is 124 Å². The van der Waals surface area contributed by atoms with Crippen molar-refractivity contribution in [3.05, 3.63) is 47.0 Å². The quantitative estimate of drug-likeness (QED) is 0.906. The second kappa shape index (κ2) is 5.17. The summed E-state index contributed by atoms with van der Waals surface area (Å²) in [6.45, 7) is 0.195. The van der Waals surface area contributed by atoms with Crippen LogP contribution in [0.5, 0.6) is 0 Å². The first kappa shape index (κ1) is 13.6. The van der Waals surface area contributed by atoms with Gasteiger partial charge in [-0.15, -0.1) is 0 Å². The molecular weight excluding hydrogens is 299 g/mol. The molecule has 0 spiro atoms. The molecule has 2 amide bonds. The highest BCUT2D eigenvalue weighted by atomic mass is 35.5. The number of hydrogen-bond acceptors (Lipinski definition) is 3. The lowest BCUT2D eigenvalue weighted by molar-refractivity contribution is -0.118. The molecule has 0 atom stereocenters. The second-order valence-corrected chi connectivity index (χ2v) is 4.91. The van der Waals surface area contributed by atoms with E-state index in [0.29, 0.717) is 5.69 Å². The zero-order chi connectivity index (χ0) is 15.0. The number of nitrogens with one attached hydrogen (secondary N) is 1. The van der Waals surface area contributed by atoms with E-state index in [1.165, 1.54) is 33.8 Å². The Bertz CT molecular complexity index is 731. The van der Waals surface area contributed by atoms with Gasteiger partial charge in [-0.2, -0.15) is 5.10 Å². The van der Waals surface area contributed by atoms with Crippen molar-refractivity contribution in [2.75, 3.05) is 13.2 Å².